The maximum Gasteiger partial charge on any atom is 0.122 e. The molecule has 1 atom stereocenters. The lowest BCUT2D eigenvalue weighted by atomic mass is 9.99. The summed E-state index contributed by atoms with van der Waals surface area (Å²) in [6, 6.07) is 14.3. The third kappa shape index (κ3) is 3.40. The zero-order valence-electron chi connectivity index (χ0n) is 12.4. The number of aliphatic hydroxyl groups excluding tert-OH is 1. The lowest BCUT2D eigenvalue weighted by Crippen LogP contribution is -2.03. The van der Waals surface area contributed by atoms with Crippen molar-refractivity contribution in [2.45, 2.75) is 32.8 Å². The highest BCUT2D eigenvalue weighted by Gasteiger charge is 2.10. The topological polar surface area (TPSA) is 29.5 Å². The third-order valence-corrected chi connectivity index (χ3v) is 3.68. The van der Waals surface area contributed by atoms with Crippen LogP contribution in [0.15, 0.2) is 42.5 Å². The van der Waals surface area contributed by atoms with Crippen LogP contribution in [-0.4, -0.2) is 12.2 Å². The van der Waals surface area contributed by atoms with Crippen LogP contribution < -0.4 is 4.74 Å². The van der Waals surface area contributed by atoms with Crippen LogP contribution in [0.4, 0.5) is 0 Å². The minimum atomic E-state index is -0.503. The van der Waals surface area contributed by atoms with Gasteiger partial charge in [-0.05, 0) is 41.7 Å². The third-order valence-electron chi connectivity index (χ3n) is 3.68. The van der Waals surface area contributed by atoms with Crippen molar-refractivity contribution in [2.24, 2.45) is 0 Å². The Hall–Kier alpha value is -1.80. The first-order chi connectivity index (χ1) is 9.63. The number of aryl methyl sites for hydroxylation is 2. The highest BCUT2D eigenvalue weighted by molar-refractivity contribution is 5.38. The van der Waals surface area contributed by atoms with E-state index in [2.05, 4.69) is 31.2 Å². The fourth-order valence-electron chi connectivity index (χ4n) is 2.30. The summed E-state index contributed by atoms with van der Waals surface area (Å²) in [5.74, 6) is 0.822. The van der Waals surface area contributed by atoms with E-state index in [9.17, 15) is 5.11 Å². The van der Waals surface area contributed by atoms with Crippen molar-refractivity contribution in [3.63, 3.8) is 0 Å². The number of rotatable bonds is 5. The van der Waals surface area contributed by atoms with Crippen LogP contribution in [0, 0.1) is 6.92 Å². The molecule has 2 aromatic carbocycles. The SMILES string of the molecule is CCc1ccc(CC(O)c2ccc(C)c(OC)c2)cc1. The lowest BCUT2D eigenvalue weighted by Gasteiger charge is -2.14. The molecule has 20 heavy (non-hydrogen) atoms. The van der Waals surface area contributed by atoms with Crippen molar-refractivity contribution in [2.75, 3.05) is 7.11 Å². The number of methoxy groups -OCH3 is 1. The Morgan fingerprint density at radius 1 is 1.05 bits per heavy atom. The molecule has 1 N–H and O–H groups in total. The summed E-state index contributed by atoms with van der Waals surface area (Å²) in [5.41, 5.74) is 4.44. The molecule has 0 aliphatic heterocycles. The van der Waals surface area contributed by atoms with E-state index in [0.717, 1.165) is 28.9 Å². The average Bonchev–Trinajstić information content (AvgIpc) is 2.48. The number of hydrogen-bond donors (Lipinski definition) is 1. The van der Waals surface area contributed by atoms with E-state index in [-0.39, 0.29) is 0 Å². The van der Waals surface area contributed by atoms with Crippen molar-refractivity contribution >= 4 is 0 Å². The standard InChI is InChI=1S/C18H22O2/c1-4-14-6-8-15(9-7-14)11-17(19)16-10-5-13(2)18(12-16)20-3/h5-10,12,17,19H,4,11H2,1-3H3. The quantitative estimate of drug-likeness (QED) is 0.894. The van der Waals surface area contributed by atoms with Gasteiger partial charge in [0.2, 0.25) is 0 Å². The molecule has 0 fully saturated rings. The molecule has 0 heterocycles. The molecule has 0 aromatic heterocycles. The second-order valence-corrected chi connectivity index (χ2v) is 5.12. The van der Waals surface area contributed by atoms with Crippen LogP contribution in [0.5, 0.6) is 5.75 Å². The van der Waals surface area contributed by atoms with Crippen molar-refractivity contribution in [3.05, 3.63) is 64.7 Å². The zero-order chi connectivity index (χ0) is 14.5. The van der Waals surface area contributed by atoms with E-state index in [1.165, 1.54) is 5.56 Å². The fraction of sp³-hybridized carbons (Fsp3) is 0.333. The number of hydrogen-bond acceptors (Lipinski definition) is 2. The Morgan fingerprint density at radius 3 is 2.30 bits per heavy atom. The van der Waals surface area contributed by atoms with Crippen LogP contribution >= 0.6 is 0 Å². The van der Waals surface area contributed by atoms with E-state index in [1.54, 1.807) is 7.11 Å². The minimum absolute atomic E-state index is 0.503. The number of ether oxygens (including phenoxy) is 1. The molecule has 2 nitrogen and oxygen atoms in total. The molecule has 0 bridgehead atoms. The molecule has 0 aliphatic carbocycles. The fourth-order valence-corrected chi connectivity index (χ4v) is 2.30. The summed E-state index contributed by atoms with van der Waals surface area (Å²) >= 11 is 0. The molecule has 0 radical (unpaired) electrons. The van der Waals surface area contributed by atoms with Crippen LogP contribution in [0.3, 0.4) is 0 Å². The van der Waals surface area contributed by atoms with Crippen molar-refractivity contribution in [1.29, 1.82) is 0 Å². The smallest absolute Gasteiger partial charge is 0.122 e. The monoisotopic (exact) mass is 270 g/mol. The van der Waals surface area contributed by atoms with Gasteiger partial charge in [-0.1, -0.05) is 43.3 Å². The molecule has 0 saturated heterocycles. The summed E-state index contributed by atoms with van der Waals surface area (Å²) in [6.07, 6.45) is 1.16. The average molecular weight is 270 g/mol. The normalized spacial score (nSPS) is 12.2. The predicted molar refractivity (Wildman–Crippen MR) is 82.2 cm³/mol. The lowest BCUT2D eigenvalue weighted by molar-refractivity contribution is 0.178. The van der Waals surface area contributed by atoms with Gasteiger partial charge in [-0.25, -0.2) is 0 Å². The van der Waals surface area contributed by atoms with Crippen LogP contribution in [-0.2, 0) is 12.8 Å². The Morgan fingerprint density at radius 2 is 1.70 bits per heavy atom. The molecule has 0 saturated carbocycles. The van der Waals surface area contributed by atoms with Crippen molar-refractivity contribution in [3.8, 4) is 5.75 Å². The largest absolute Gasteiger partial charge is 0.496 e. The summed E-state index contributed by atoms with van der Waals surface area (Å²) < 4.78 is 5.31. The van der Waals surface area contributed by atoms with Crippen LogP contribution in [0.25, 0.3) is 0 Å². The molecule has 106 valence electrons. The Labute approximate surface area is 121 Å². The summed E-state index contributed by atoms with van der Waals surface area (Å²) in [6.45, 7) is 4.14. The van der Waals surface area contributed by atoms with E-state index in [1.807, 2.05) is 25.1 Å². The molecule has 0 amide bonds. The van der Waals surface area contributed by atoms with Gasteiger partial charge >= 0.3 is 0 Å². The van der Waals surface area contributed by atoms with Gasteiger partial charge in [-0.2, -0.15) is 0 Å². The van der Waals surface area contributed by atoms with Crippen LogP contribution in [0.1, 0.15) is 35.3 Å². The Bertz CT molecular complexity index is 558. The van der Waals surface area contributed by atoms with Gasteiger partial charge in [-0.15, -0.1) is 0 Å². The highest BCUT2D eigenvalue weighted by Crippen LogP contribution is 2.25. The predicted octanol–water partition coefficient (Wildman–Crippen LogP) is 3.84. The van der Waals surface area contributed by atoms with Crippen molar-refractivity contribution < 1.29 is 9.84 Å². The molecule has 0 aliphatic rings. The molecular formula is C18H22O2. The first kappa shape index (κ1) is 14.6. The molecule has 2 rings (SSSR count). The minimum Gasteiger partial charge on any atom is -0.496 e. The van der Waals surface area contributed by atoms with Gasteiger partial charge in [0.15, 0.2) is 0 Å². The van der Waals surface area contributed by atoms with E-state index in [0.29, 0.717) is 6.42 Å². The molecule has 1 unspecified atom stereocenters. The highest BCUT2D eigenvalue weighted by atomic mass is 16.5. The summed E-state index contributed by atoms with van der Waals surface area (Å²) in [5, 5.41) is 10.4. The van der Waals surface area contributed by atoms with Gasteiger partial charge in [0.1, 0.15) is 5.75 Å². The zero-order valence-corrected chi connectivity index (χ0v) is 12.4. The molecule has 2 heteroatoms. The van der Waals surface area contributed by atoms with Gasteiger partial charge in [-0.3, -0.25) is 0 Å². The molecular weight excluding hydrogens is 248 g/mol. The number of benzene rings is 2. The summed E-state index contributed by atoms with van der Waals surface area (Å²) in [4.78, 5) is 0. The van der Waals surface area contributed by atoms with E-state index < -0.39 is 6.10 Å². The first-order valence-corrected chi connectivity index (χ1v) is 7.04. The van der Waals surface area contributed by atoms with Gasteiger partial charge < -0.3 is 9.84 Å². The number of aliphatic hydroxyl groups is 1. The van der Waals surface area contributed by atoms with Gasteiger partial charge in [0, 0.05) is 6.42 Å². The first-order valence-electron chi connectivity index (χ1n) is 7.04. The van der Waals surface area contributed by atoms with E-state index in [4.69, 9.17) is 4.74 Å². The molecule has 0 spiro atoms. The molecule has 2 aromatic rings. The maximum absolute atomic E-state index is 10.4. The van der Waals surface area contributed by atoms with E-state index >= 15 is 0 Å². The second-order valence-electron chi connectivity index (χ2n) is 5.12. The maximum atomic E-state index is 10.4. The second kappa shape index (κ2) is 6.58. The van der Waals surface area contributed by atoms with Crippen molar-refractivity contribution in [1.82, 2.24) is 0 Å². The van der Waals surface area contributed by atoms with Gasteiger partial charge in [0.25, 0.3) is 0 Å². The summed E-state index contributed by atoms with van der Waals surface area (Å²) in [7, 11) is 1.65. The Balaban J connectivity index is 2.12. The van der Waals surface area contributed by atoms with Gasteiger partial charge in [0.05, 0.1) is 13.2 Å². The van der Waals surface area contributed by atoms with Crippen LogP contribution in [0.2, 0.25) is 0 Å². The Kier molecular flexibility index (Phi) is 4.80.